The summed E-state index contributed by atoms with van der Waals surface area (Å²) in [5.74, 6) is 0.114. The van der Waals surface area contributed by atoms with E-state index in [1.54, 1.807) is 6.20 Å². The summed E-state index contributed by atoms with van der Waals surface area (Å²) in [4.78, 5) is 16.7. The monoisotopic (exact) mass is 325 g/mol. The van der Waals surface area contributed by atoms with Crippen molar-refractivity contribution in [1.29, 1.82) is 0 Å². The van der Waals surface area contributed by atoms with E-state index in [1.807, 2.05) is 13.0 Å². The summed E-state index contributed by atoms with van der Waals surface area (Å²) in [5.41, 5.74) is 1.54. The second-order valence-electron chi connectivity index (χ2n) is 5.24. The summed E-state index contributed by atoms with van der Waals surface area (Å²) in [6.07, 6.45) is 4.55. The van der Waals surface area contributed by atoms with E-state index < -0.39 is 0 Å². The van der Waals surface area contributed by atoms with Crippen LogP contribution < -0.4 is 10.6 Å². The molecule has 5 heteroatoms. The average molecular weight is 326 g/mol. The number of nitrogens with one attached hydrogen (secondary N) is 2. The highest BCUT2D eigenvalue weighted by atomic mass is 79.9. The summed E-state index contributed by atoms with van der Waals surface area (Å²) in [6.45, 7) is 5.78. The van der Waals surface area contributed by atoms with Crippen LogP contribution >= 0.6 is 15.9 Å². The van der Waals surface area contributed by atoms with Gasteiger partial charge in [-0.15, -0.1) is 0 Å². The van der Waals surface area contributed by atoms with E-state index >= 15 is 0 Å². The molecule has 0 aliphatic carbocycles. The first kappa shape index (κ1) is 14.5. The van der Waals surface area contributed by atoms with E-state index in [1.165, 1.54) is 0 Å². The largest absolute Gasteiger partial charge is 0.324 e. The number of carbonyl (C=O) groups excluding carboxylic acids is 1. The maximum Gasteiger partial charge on any atom is 0.231 e. The predicted molar refractivity (Wildman–Crippen MR) is 80.1 cm³/mol. The Bertz CT molecular complexity index is 470. The molecule has 0 radical (unpaired) electrons. The van der Waals surface area contributed by atoms with Gasteiger partial charge in [0.1, 0.15) is 4.60 Å². The van der Waals surface area contributed by atoms with Gasteiger partial charge in [0, 0.05) is 6.54 Å². The molecular formula is C14H20BrN3O. The molecule has 1 aromatic heterocycles. The molecule has 4 nitrogen and oxygen atoms in total. The zero-order chi connectivity index (χ0) is 13.9. The summed E-state index contributed by atoms with van der Waals surface area (Å²) in [6, 6.07) is 1.94. The van der Waals surface area contributed by atoms with Gasteiger partial charge in [-0.2, -0.15) is 0 Å². The SMILES string of the molecule is CCCC1(C(=O)Nc2cnc(Br)c(C)c2)CCNC1. The lowest BCUT2D eigenvalue weighted by molar-refractivity contribution is -0.125. The van der Waals surface area contributed by atoms with Crippen molar-refractivity contribution >= 4 is 27.5 Å². The topological polar surface area (TPSA) is 54.0 Å². The van der Waals surface area contributed by atoms with Crippen LogP contribution in [0.15, 0.2) is 16.9 Å². The van der Waals surface area contributed by atoms with Gasteiger partial charge in [-0.05, 0) is 53.9 Å². The van der Waals surface area contributed by atoms with Crippen molar-refractivity contribution < 1.29 is 4.79 Å². The lowest BCUT2D eigenvalue weighted by atomic mass is 9.81. The van der Waals surface area contributed by atoms with Crippen LogP contribution in [0.3, 0.4) is 0 Å². The quantitative estimate of drug-likeness (QED) is 0.837. The lowest BCUT2D eigenvalue weighted by Crippen LogP contribution is -2.38. The molecule has 1 fully saturated rings. The van der Waals surface area contributed by atoms with Crippen molar-refractivity contribution in [3.63, 3.8) is 0 Å². The number of halogens is 1. The first-order valence-electron chi connectivity index (χ1n) is 6.72. The number of hydrogen-bond acceptors (Lipinski definition) is 3. The lowest BCUT2D eigenvalue weighted by Gasteiger charge is -2.26. The second-order valence-corrected chi connectivity index (χ2v) is 5.99. The van der Waals surface area contributed by atoms with Gasteiger partial charge in [0.15, 0.2) is 0 Å². The molecule has 1 aromatic rings. The molecule has 1 aliphatic heterocycles. The first-order chi connectivity index (χ1) is 9.07. The Labute approximate surface area is 122 Å². The standard InChI is InChI=1S/C14H20BrN3O/c1-3-4-14(5-6-16-9-14)13(19)18-11-7-10(2)12(15)17-8-11/h7-8,16H,3-6,9H2,1-2H3,(H,18,19). The number of rotatable bonds is 4. The fraction of sp³-hybridized carbons (Fsp3) is 0.571. The highest BCUT2D eigenvalue weighted by Crippen LogP contribution is 2.32. The van der Waals surface area contributed by atoms with Crippen molar-refractivity contribution in [3.05, 3.63) is 22.4 Å². The van der Waals surface area contributed by atoms with Gasteiger partial charge in [-0.1, -0.05) is 13.3 Å². The molecular weight excluding hydrogens is 306 g/mol. The van der Waals surface area contributed by atoms with E-state index in [0.717, 1.165) is 48.2 Å². The number of aromatic nitrogens is 1. The van der Waals surface area contributed by atoms with E-state index in [9.17, 15) is 4.79 Å². The van der Waals surface area contributed by atoms with Crippen LogP contribution in [0.2, 0.25) is 0 Å². The van der Waals surface area contributed by atoms with Crippen LogP contribution in [0.4, 0.5) is 5.69 Å². The third-order valence-electron chi connectivity index (χ3n) is 3.73. The van der Waals surface area contributed by atoms with Crippen molar-refractivity contribution in [2.24, 2.45) is 5.41 Å². The summed E-state index contributed by atoms with van der Waals surface area (Å²) in [5, 5.41) is 6.32. The first-order valence-corrected chi connectivity index (χ1v) is 7.51. The van der Waals surface area contributed by atoms with Gasteiger partial charge < -0.3 is 10.6 Å². The zero-order valence-corrected chi connectivity index (χ0v) is 13.0. The average Bonchev–Trinajstić information content (AvgIpc) is 2.84. The Morgan fingerprint density at radius 1 is 1.63 bits per heavy atom. The van der Waals surface area contributed by atoms with Crippen LogP contribution in [-0.2, 0) is 4.79 Å². The number of carbonyl (C=O) groups is 1. The molecule has 1 amide bonds. The third kappa shape index (κ3) is 3.15. The molecule has 0 bridgehead atoms. The maximum atomic E-state index is 12.5. The molecule has 2 N–H and O–H groups in total. The minimum atomic E-state index is -0.254. The fourth-order valence-corrected chi connectivity index (χ4v) is 2.85. The van der Waals surface area contributed by atoms with Crippen LogP contribution in [0.25, 0.3) is 0 Å². The Balaban J connectivity index is 2.12. The molecule has 2 rings (SSSR count). The molecule has 1 atom stereocenters. The zero-order valence-electron chi connectivity index (χ0n) is 11.4. The summed E-state index contributed by atoms with van der Waals surface area (Å²) >= 11 is 3.36. The van der Waals surface area contributed by atoms with Gasteiger partial charge in [0.05, 0.1) is 17.3 Å². The van der Waals surface area contributed by atoms with Gasteiger partial charge in [-0.3, -0.25) is 4.79 Å². The molecule has 0 aromatic carbocycles. The molecule has 1 saturated heterocycles. The van der Waals surface area contributed by atoms with Crippen LogP contribution in [0.5, 0.6) is 0 Å². The Morgan fingerprint density at radius 2 is 2.42 bits per heavy atom. The number of nitrogens with zero attached hydrogens (tertiary/aromatic N) is 1. The van der Waals surface area contributed by atoms with Crippen molar-refractivity contribution in [1.82, 2.24) is 10.3 Å². The molecule has 1 unspecified atom stereocenters. The summed E-state index contributed by atoms with van der Waals surface area (Å²) in [7, 11) is 0. The van der Waals surface area contributed by atoms with E-state index in [4.69, 9.17) is 0 Å². The number of anilines is 1. The normalized spacial score (nSPS) is 22.5. The van der Waals surface area contributed by atoms with Gasteiger partial charge in [0.2, 0.25) is 5.91 Å². The van der Waals surface area contributed by atoms with Gasteiger partial charge >= 0.3 is 0 Å². The van der Waals surface area contributed by atoms with Crippen molar-refractivity contribution in [3.8, 4) is 0 Å². The molecule has 2 heterocycles. The number of hydrogen-bond donors (Lipinski definition) is 2. The molecule has 0 spiro atoms. The molecule has 104 valence electrons. The molecule has 19 heavy (non-hydrogen) atoms. The van der Waals surface area contributed by atoms with E-state index in [0.29, 0.717) is 0 Å². The van der Waals surface area contributed by atoms with E-state index in [2.05, 4.69) is 38.5 Å². The number of pyridine rings is 1. The maximum absolute atomic E-state index is 12.5. The Kier molecular flexibility index (Phi) is 4.58. The van der Waals surface area contributed by atoms with Gasteiger partial charge in [0.25, 0.3) is 0 Å². The molecule has 1 aliphatic rings. The van der Waals surface area contributed by atoms with Crippen molar-refractivity contribution in [2.45, 2.75) is 33.1 Å². The van der Waals surface area contributed by atoms with Gasteiger partial charge in [-0.25, -0.2) is 4.98 Å². The Hall–Kier alpha value is -0.940. The second kappa shape index (κ2) is 6.01. The van der Waals surface area contributed by atoms with Crippen molar-refractivity contribution in [2.75, 3.05) is 18.4 Å². The van der Waals surface area contributed by atoms with Crippen LogP contribution in [0, 0.1) is 12.3 Å². The highest BCUT2D eigenvalue weighted by molar-refractivity contribution is 9.10. The smallest absolute Gasteiger partial charge is 0.231 e. The molecule has 0 saturated carbocycles. The Morgan fingerprint density at radius 3 is 3.00 bits per heavy atom. The number of aryl methyl sites for hydroxylation is 1. The van der Waals surface area contributed by atoms with Crippen LogP contribution in [-0.4, -0.2) is 24.0 Å². The predicted octanol–water partition coefficient (Wildman–Crippen LogP) is 2.87. The highest BCUT2D eigenvalue weighted by Gasteiger charge is 2.40. The summed E-state index contributed by atoms with van der Waals surface area (Å²) < 4.78 is 0.816. The third-order valence-corrected chi connectivity index (χ3v) is 4.56. The minimum Gasteiger partial charge on any atom is -0.324 e. The number of amides is 1. The fourth-order valence-electron chi connectivity index (χ4n) is 2.63. The van der Waals surface area contributed by atoms with Crippen LogP contribution in [0.1, 0.15) is 31.7 Å². The minimum absolute atomic E-state index is 0.114. The van der Waals surface area contributed by atoms with E-state index in [-0.39, 0.29) is 11.3 Å².